The Kier molecular flexibility index (Phi) is 7.57. The smallest absolute Gasteiger partial charge is 0.257 e. The molecule has 174 valence electrons. The number of morpholine rings is 1. The third kappa shape index (κ3) is 5.13. The number of nitrogens with one attached hydrogen (secondary N) is 1. The van der Waals surface area contributed by atoms with Gasteiger partial charge in [-0.25, -0.2) is 12.7 Å². The molecule has 0 aromatic heterocycles. The van der Waals surface area contributed by atoms with Crippen LogP contribution in [0.1, 0.15) is 10.4 Å². The van der Waals surface area contributed by atoms with Crippen molar-refractivity contribution in [2.45, 2.75) is 4.90 Å². The van der Waals surface area contributed by atoms with Gasteiger partial charge in [-0.1, -0.05) is 23.2 Å². The molecule has 0 atom stereocenters. The van der Waals surface area contributed by atoms with Crippen molar-refractivity contribution in [1.29, 1.82) is 0 Å². The molecule has 0 bridgehead atoms. The average molecular weight is 501 g/mol. The van der Waals surface area contributed by atoms with Gasteiger partial charge in [0.1, 0.15) is 4.90 Å². The van der Waals surface area contributed by atoms with Gasteiger partial charge in [0.15, 0.2) is 0 Å². The van der Waals surface area contributed by atoms with E-state index in [1.165, 1.54) is 26.2 Å². The maximum Gasteiger partial charge on any atom is 0.257 e. The monoisotopic (exact) mass is 500 g/mol. The van der Waals surface area contributed by atoms with E-state index in [2.05, 4.69) is 10.2 Å². The molecule has 0 saturated carbocycles. The van der Waals surface area contributed by atoms with Crippen LogP contribution in [0.25, 0.3) is 0 Å². The SMILES string of the molecule is CN(C)c1cc(Cl)c(S(=O)(=O)N(C)C)cc1C(=O)Nc1ccc(N2CCOCC2)cc1Cl. The van der Waals surface area contributed by atoms with Crippen molar-refractivity contribution in [1.82, 2.24) is 4.31 Å². The van der Waals surface area contributed by atoms with Gasteiger partial charge in [-0.05, 0) is 30.3 Å². The topological polar surface area (TPSA) is 82.2 Å². The Hall–Kier alpha value is -2.04. The van der Waals surface area contributed by atoms with Crippen LogP contribution >= 0.6 is 23.2 Å². The van der Waals surface area contributed by atoms with Gasteiger partial charge in [-0.3, -0.25) is 4.79 Å². The fourth-order valence-corrected chi connectivity index (χ4v) is 4.94. The summed E-state index contributed by atoms with van der Waals surface area (Å²) in [5, 5.41) is 3.20. The quantitative estimate of drug-likeness (QED) is 0.654. The number of carbonyl (C=O) groups is 1. The number of benzene rings is 2. The normalized spacial score (nSPS) is 14.5. The number of sulfonamides is 1. The van der Waals surface area contributed by atoms with Gasteiger partial charge in [-0.2, -0.15) is 0 Å². The molecule has 1 aliphatic heterocycles. The fourth-order valence-electron chi connectivity index (χ4n) is 3.30. The van der Waals surface area contributed by atoms with E-state index in [9.17, 15) is 13.2 Å². The molecule has 0 radical (unpaired) electrons. The molecule has 1 N–H and O–H groups in total. The Morgan fingerprint density at radius 3 is 2.25 bits per heavy atom. The highest BCUT2D eigenvalue weighted by Gasteiger charge is 2.26. The third-order valence-electron chi connectivity index (χ3n) is 5.11. The highest BCUT2D eigenvalue weighted by molar-refractivity contribution is 7.89. The molecule has 8 nitrogen and oxygen atoms in total. The first-order valence-corrected chi connectivity index (χ1v) is 12.1. The van der Waals surface area contributed by atoms with Crippen molar-refractivity contribution in [2.24, 2.45) is 0 Å². The van der Waals surface area contributed by atoms with Crippen LogP contribution in [-0.4, -0.2) is 73.1 Å². The van der Waals surface area contributed by atoms with Gasteiger partial charge >= 0.3 is 0 Å². The first-order valence-electron chi connectivity index (χ1n) is 9.89. The van der Waals surface area contributed by atoms with Gasteiger partial charge in [0.25, 0.3) is 5.91 Å². The van der Waals surface area contributed by atoms with Gasteiger partial charge in [0.05, 0.1) is 40.2 Å². The molecule has 0 spiro atoms. The van der Waals surface area contributed by atoms with Crippen molar-refractivity contribution in [3.05, 3.63) is 45.9 Å². The zero-order valence-corrected chi connectivity index (χ0v) is 20.7. The number of ether oxygens (including phenoxy) is 1. The van der Waals surface area contributed by atoms with Crippen LogP contribution in [0.5, 0.6) is 0 Å². The summed E-state index contributed by atoms with van der Waals surface area (Å²) in [5.74, 6) is -0.499. The summed E-state index contributed by atoms with van der Waals surface area (Å²) in [5.41, 5.74) is 2.00. The number of hydrogen-bond donors (Lipinski definition) is 1. The summed E-state index contributed by atoms with van der Waals surface area (Å²) in [6.07, 6.45) is 0. The van der Waals surface area contributed by atoms with E-state index in [-0.39, 0.29) is 15.5 Å². The van der Waals surface area contributed by atoms with Crippen molar-refractivity contribution in [3.63, 3.8) is 0 Å². The van der Waals surface area contributed by atoms with Gasteiger partial charge in [0.2, 0.25) is 10.0 Å². The van der Waals surface area contributed by atoms with E-state index in [1.54, 1.807) is 31.1 Å². The number of halogens is 2. The molecule has 32 heavy (non-hydrogen) atoms. The van der Waals surface area contributed by atoms with Crippen LogP contribution in [0.15, 0.2) is 35.2 Å². The van der Waals surface area contributed by atoms with Crippen molar-refractivity contribution in [3.8, 4) is 0 Å². The lowest BCUT2D eigenvalue weighted by Crippen LogP contribution is -2.36. The second-order valence-corrected chi connectivity index (χ2v) is 10.6. The first kappa shape index (κ1) is 24.6. The predicted molar refractivity (Wildman–Crippen MR) is 129 cm³/mol. The molecule has 1 amide bonds. The first-order chi connectivity index (χ1) is 15.0. The molecule has 1 fully saturated rings. The van der Waals surface area contributed by atoms with E-state index in [0.29, 0.717) is 29.6 Å². The second-order valence-electron chi connectivity index (χ2n) is 7.70. The van der Waals surface area contributed by atoms with Crippen molar-refractivity contribution >= 4 is 56.2 Å². The molecule has 3 rings (SSSR count). The Balaban J connectivity index is 1.94. The number of nitrogens with zero attached hydrogens (tertiary/aromatic N) is 3. The second kappa shape index (κ2) is 9.84. The Bertz CT molecular complexity index is 1120. The number of carbonyl (C=O) groups excluding carboxylic acids is 1. The molecule has 1 heterocycles. The van der Waals surface area contributed by atoms with Crippen molar-refractivity contribution in [2.75, 3.05) is 69.6 Å². The van der Waals surface area contributed by atoms with E-state index in [0.717, 1.165) is 23.1 Å². The maximum atomic E-state index is 13.2. The summed E-state index contributed by atoms with van der Waals surface area (Å²) in [6, 6.07) is 8.16. The lowest BCUT2D eigenvalue weighted by Gasteiger charge is -2.29. The Morgan fingerprint density at radius 2 is 1.69 bits per heavy atom. The molecule has 0 unspecified atom stereocenters. The lowest BCUT2D eigenvalue weighted by atomic mass is 10.1. The average Bonchev–Trinajstić information content (AvgIpc) is 2.75. The van der Waals surface area contributed by atoms with Gasteiger partial charge in [0, 0.05) is 47.0 Å². The molecule has 0 aliphatic carbocycles. The van der Waals surface area contributed by atoms with Crippen LogP contribution in [0, 0.1) is 0 Å². The molecular formula is C21H26Cl2N4O4S. The summed E-state index contributed by atoms with van der Waals surface area (Å²) >= 11 is 12.7. The number of anilines is 3. The van der Waals surface area contributed by atoms with Crippen LogP contribution in [0.3, 0.4) is 0 Å². The zero-order valence-electron chi connectivity index (χ0n) is 18.4. The Labute approximate surface area is 198 Å². The van der Waals surface area contributed by atoms with Crippen LogP contribution in [0.2, 0.25) is 10.0 Å². The van der Waals surface area contributed by atoms with E-state index in [1.807, 2.05) is 6.07 Å². The number of amides is 1. The molecule has 1 aliphatic rings. The molecule has 11 heteroatoms. The summed E-state index contributed by atoms with van der Waals surface area (Å²) < 4.78 is 31.8. The van der Waals surface area contributed by atoms with E-state index < -0.39 is 15.9 Å². The summed E-state index contributed by atoms with van der Waals surface area (Å²) in [7, 11) is 2.45. The number of hydrogen-bond acceptors (Lipinski definition) is 6. The minimum absolute atomic E-state index is 0.0341. The largest absolute Gasteiger partial charge is 0.378 e. The van der Waals surface area contributed by atoms with Gasteiger partial charge < -0.3 is 19.9 Å². The minimum atomic E-state index is -3.84. The molecule has 2 aromatic rings. The summed E-state index contributed by atoms with van der Waals surface area (Å²) in [6.45, 7) is 2.83. The van der Waals surface area contributed by atoms with Crippen LogP contribution < -0.4 is 15.1 Å². The van der Waals surface area contributed by atoms with Crippen LogP contribution in [-0.2, 0) is 14.8 Å². The van der Waals surface area contributed by atoms with Crippen molar-refractivity contribution < 1.29 is 17.9 Å². The highest BCUT2D eigenvalue weighted by Crippen LogP contribution is 2.33. The maximum absolute atomic E-state index is 13.2. The third-order valence-corrected chi connectivity index (χ3v) is 7.70. The lowest BCUT2D eigenvalue weighted by molar-refractivity contribution is 0.102. The van der Waals surface area contributed by atoms with E-state index in [4.69, 9.17) is 27.9 Å². The number of rotatable bonds is 6. The van der Waals surface area contributed by atoms with Crippen LogP contribution in [0.4, 0.5) is 17.1 Å². The van der Waals surface area contributed by atoms with Gasteiger partial charge in [-0.15, -0.1) is 0 Å². The predicted octanol–water partition coefficient (Wildman–Crippen LogP) is 3.40. The molecular weight excluding hydrogens is 475 g/mol. The fraction of sp³-hybridized carbons (Fsp3) is 0.381. The highest BCUT2D eigenvalue weighted by atomic mass is 35.5. The summed E-state index contributed by atoms with van der Waals surface area (Å²) in [4.78, 5) is 16.9. The molecule has 1 saturated heterocycles. The Morgan fingerprint density at radius 1 is 1.03 bits per heavy atom. The standard InChI is InChI=1S/C21H26Cl2N4O4S/c1-25(2)19-13-17(23)20(32(29,30)26(3)4)12-15(19)21(28)24-18-6-5-14(11-16(18)22)27-7-9-31-10-8-27/h5-6,11-13H,7-10H2,1-4H3,(H,24,28). The minimum Gasteiger partial charge on any atom is -0.378 e. The van der Waals surface area contributed by atoms with E-state index >= 15 is 0 Å². The molecule has 2 aromatic carbocycles. The zero-order chi connectivity index (χ0) is 23.6.